The SMILES string of the molecule is Cc1cc(F)c(C(=O)Nc2ccc(Oc3ccccc3C(F)(F)F)cc2)c(F)c1. The molecule has 8 heteroatoms. The molecule has 0 fully saturated rings. The zero-order chi connectivity index (χ0) is 21.2. The molecule has 150 valence electrons. The number of hydrogen-bond acceptors (Lipinski definition) is 2. The van der Waals surface area contributed by atoms with E-state index in [9.17, 15) is 26.7 Å². The Kier molecular flexibility index (Phi) is 5.54. The van der Waals surface area contributed by atoms with Crippen LogP contribution in [0.25, 0.3) is 0 Å². The molecule has 0 spiro atoms. The Hall–Kier alpha value is -3.42. The highest BCUT2D eigenvalue weighted by Gasteiger charge is 2.34. The van der Waals surface area contributed by atoms with Gasteiger partial charge in [-0.1, -0.05) is 12.1 Å². The van der Waals surface area contributed by atoms with Gasteiger partial charge in [-0.15, -0.1) is 0 Å². The Morgan fingerprint density at radius 2 is 1.52 bits per heavy atom. The predicted molar refractivity (Wildman–Crippen MR) is 97.0 cm³/mol. The standard InChI is InChI=1S/C21H14F5NO2/c1-12-10-16(22)19(17(23)11-12)20(28)27-13-6-8-14(9-7-13)29-18-5-3-2-4-15(18)21(24,25)26/h2-11H,1H3,(H,27,28). The number of benzene rings is 3. The van der Waals surface area contributed by atoms with Crippen molar-refractivity contribution in [3.05, 3.63) is 89.0 Å². The Balaban J connectivity index is 1.76. The molecule has 0 aliphatic rings. The fraction of sp³-hybridized carbons (Fsp3) is 0.0952. The van der Waals surface area contributed by atoms with Crippen molar-refractivity contribution in [2.75, 3.05) is 5.32 Å². The van der Waals surface area contributed by atoms with Crippen LogP contribution in [0.1, 0.15) is 21.5 Å². The second-order valence-electron chi connectivity index (χ2n) is 6.18. The highest BCUT2D eigenvalue weighted by molar-refractivity contribution is 6.04. The fourth-order valence-electron chi connectivity index (χ4n) is 2.63. The highest BCUT2D eigenvalue weighted by atomic mass is 19.4. The lowest BCUT2D eigenvalue weighted by Gasteiger charge is -2.14. The van der Waals surface area contributed by atoms with Gasteiger partial charge in [-0.2, -0.15) is 13.2 Å². The number of ether oxygens (including phenoxy) is 1. The molecule has 3 aromatic carbocycles. The van der Waals surface area contributed by atoms with Crippen molar-refractivity contribution >= 4 is 11.6 Å². The number of carbonyl (C=O) groups excluding carboxylic acids is 1. The zero-order valence-corrected chi connectivity index (χ0v) is 15.0. The molecule has 29 heavy (non-hydrogen) atoms. The van der Waals surface area contributed by atoms with E-state index in [1.54, 1.807) is 0 Å². The molecule has 1 N–H and O–H groups in total. The Morgan fingerprint density at radius 3 is 2.10 bits per heavy atom. The van der Waals surface area contributed by atoms with Gasteiger partial charge in [0.15, 0.2) is 0 Å². The third-order valence-corrected chi connectivity index (χ3v) is 3.95. The molecule has 3 aromatic rings. The lowest BCUT2D eigenvalue weighted by atomic mass is 10.1. The van der Waals surface area contributed by atoms with Crippen molar-refractivity contribution < 1.29 is 31.5 Å². The van der Waals surface area contributed by atoms with Gasteiger partial charge in [-0.05, 0) is 61.0 Å². The van der Waals surface area contributed by atoms with Crippen LogP contribution in [0.4, 0.5) is 27.6 Å². The van der Waals surface area contributed by atoms with E-state index in [0.29, 0.717) is 5.56 Å². The maximum atomic E-state index is 13.9. The second kappa shape index (κ2) is 7.90. The van der Waals surface area contributed by atoms with E-state index in [4.69, 9.17) is 4.74 Å². The van der Waals surface area contributed by atoms with Crippen LogP contribution in [0.2, 0.25) is 0 Å². The summed E-state index contributed by atoms with van der Waals surface area (Å²) in [7, 11) is 0. The largest absolute Gasteiger partial charge is 0.457 e. The number of hydrogen-bond donors (Lipinski definition) is 1. The number of nitrogens with one attached hydrogen (secondary N) is 1. The van der Waals surface area contributed by atoms with Crippen LogP contribution in [0.3, 0.4) is 0 Å². The van der Waals surface area contributed by atoms with E-state index in [1.165, 1.54) is 49.4 Å². The number of halogens is 5. The van der Waals surface area contributed by atoms with E-state index < -0.39 is 34.8 Å². The Bertz CT molecular complexity index is 1020. The Morgan fingerprint density at radius 1 is 0.931 bits per heavy atom. The number of para-hydroxylation sites is 1. The van der Waals surface area contributed by atoms with Gasteiger partial charge in [-0.25, -0.2) is 8.78 Å². The maximum absolute atomic E-state index is 13.9. The second-order valence-corrected chi connectivity index (χ2v) is 6.18. The van der Waals surface area contributed by atoms with Crippen molar-refractivity contribution in [1.82, 2.24) is 0 Å². The van der Waals surface area contributed by atoms with Crippen molar-refractivity contribution in [2.45, 2.75) is 13.1 Å². The molecule has 0 aliphatic heterocycles. The third-order valence-electron chi connectivity index (χ3n) is 3.95. The highest BCUT2D eigenvalue weighted by Crippen LogP contribution is 2.38. The molecule has 0 radical (unpaired) electrons. The molecule has 0 saturated carbocycles. The van der Waals surface area contributed by atoms with E-state index in [-0.39, 0.29) is 17.2 Å². The summed E-state index contributed by atoms with van der Waals surface area (Å²) in [6.07, 6.45) is -4.58. The van der Waals surface area contributed by atoms with Gasteiger partial charge in [0.1, 0.15) is 28.7 Å². The van der Waals surface area contributed by atoms with Gasteiger partial charge in [0.2, 0.25) is 0 Å². The first-order chi connectivity index (χ1) is 13.6. The van der Waals surface area contributed by atoms with Crippen LogP contribution in [0, 0.1) is 18.6 Å². The van der Waals surface area contributed by atoms with Crippen LogP contribution in [0.15, 0.2) is 60.7 Å². The summed E-state index contributed by atoms with van der Waals surface area (Å²) in [6, 6.07) is 12.1. The van der Waals surface area contributed by atoms with Crippen LogP contribution in [-0.4, -0.2) is 5.91 Å². The molecule has 1 amide bonds. The first kappa shape index (κ1) is 20.3. The Labute approximate surface area is 162 Å². The smallest absolute Gasteiger partial charge is 0.419 e. The number of anilines is 1. The van der Waals surface area contributed by atoms with E-state index in [0.717, 1.165) is 18.2 Å². The van der Waals surface area contributed by atoms with E-state index >= 15 is 0 Å². The molecule has 0 aromatic heterocycles. The van der Waals surface area contributed by atoms with Gasteiger partial charge in [0.25, 0.3) is 5.91 Å². The minimum atomic E-state index is -4.58. The molecule has 0 atom stereocenters. The molecule has 0 unspecified atom stereocenters. The van der Waals surface area contributed by atoms with E-state index in [2.05, 4.69) is 5.32 Å². The summed E-state index contributed by atoms with van der Waals surface area (Å²) in [5, 5.41) is 2.33. The van der Waals surface area contributed by atoms with Crippen molar-refractivity contribution in [3.8, 4) is 11.5 Å². The molecule has 0 bridgehead atoms. The monoisotopic (exact) mass is 407 g/mol. The summed E-state index contributed by atoms with van der Waals surface area (Å²) < 4.78 is 72.1. The number of alkyl halides is 3. The number of aryl methyl sites for hydroxylation is 1. The molecule has 3 nitrogen and oxygen atoms in total. The van der Waals surface area contributed by atoms with Gasteiger partial charge < -0.3 is 10.1 Å². The average Bonchev–Trinajstić information content (AvgIpc) is 2.62. The van der Waals surface area contributed by atoms with Gasteiger partial charge in [-0.3, -0.25) is 4.79 Å². The van der Waals surface area contributed by atoms with Crippen molar-refractivity contribution in [3.63, 3.8) is 0 Å². The minimum Gasteiger partial charge on any atom is -0.457 e. The van der Waals surface area contributed by atoms with Crippen LogP contribution < -0.4 is 10.1 Å². The van der Waals surface area contributed by atoms with Crippen LogP contribution >= 0.6 is 0 Å². The van der Waals surface area contributed by atoms with Gasteiger partial charge in [0.05, 0.1) is 5.56 Å². The molecular formula is C21H14F5NO2. The molecule has 0 heterocycles. The van der Waals surface area contributed by atoms with Crippen molar-refractivity contribution in [2.24, 2.45) is 0 Å². The molecule has 0 saturated heterocycles. The summed E-state index contributed by atoms with van der Waals surface area (Å²) in [5.41, 5.74) is -1.14. The van der Waals surface area contributed by atoms with E-state index in [1.807, 2.05) is 0 Å². The predicted octanol–water partition coefficient (Wildman–Crippen LogP) is 6.34. The number of carbonyl (C=O) groups is 1. The lowest BCUT2D eigenvalue weighted by molar-refractivity contribution is -0.138. The summed E-state index contributed by atoms with van der Waals surface area (Å²) in [5.74, 6) is -3.27. The summed E-state index contributed by atoms with van der Waals surface area (Å²) in [4.78, 5) is 12.2. The lowest BCUT2D eigenvalue weighted by Crippen LogP contribution is -2.16. The minimum absolute atomic E-state index is 0.0902. The normalized spacial score (nSPS) is 11.2. The molecular weight excluding hydrogens is 393 g/mol. The van der Waals surface area contributed by atoms with Crippen molar-refractivity contribution in [1.29, 1.82) is 0 Å². The average molecular weight is 407 g/mol. The fourth-order valence-corrected chi connectivity index (χ4v) is 2.63. The maximum Gasteiger partial charge on any atom is 0.419 e. The topological polar surface area (TPSA) is 38.3 Å². The first-order valence-corrected chi connectivity index (χ1v) is 8.36. The zero-order valence-electron chi connectivity index (χ0n) is 15.0. The van der Waals surface area contributed by atoms with Crippen LogP contribution in [-0.2, 0) is 6.18 Å². The summed E-state index contributed by atoms with van der Waals surface area (Å²) in [6.45, 7) is 1.49. The van der Waals surface area contributed by atoms with Crippen LogP contribution in [0.5, 0.6) is 11.5 Å². The van der Waals surface area contributed by atoms with Gasteiger partial charge in [0, 0.05) is 5.69 Å². The molecule has 0 aliphatic carbocycles. The molecule has 3 rings (SSSR count). The third kappa shape index (κ3) is 4.71. The summed E-state index contributed by atoms with van der Waals surface area (Å²) >= 11 is 0. The number of rotatable bonds is 4. The first-order valence-electron chi connectivity index (χ1n) is 8.36. The quantitative estimate of drug-likeness (QED) is 0.513. The van der Waals surface area contributed by atoms with Gasteiger partial charge >= 0.3 is 6.18 Å². The number of amides is 1.